The van der Waals surface area contributed by atoms with Crippen LogP contribution in [0.25, 0.3) is 0 Å². The van der Waals surface area contributed by atoms with Crippen LogP contribution in [-0.2, 0) is 20.9 Å². The second-order valence-electron chi connectivity index (χ2n) is 10.7. The molecule has 0 spiro atoms. The quantitative estimate of drug-likeness (QED) is 0.599. The average Bonchev–Trinajstić information content (AvgIpc) is 3.43. The highest BCUT2D eigenvalue weighted by Crippen LogP contribution is 2.60. The Bertz CT molecular complexity index is 1150. The number of nitriles is 1. The second-order valence-corrected chi connectivity index (χ2v) is 11.7. The van der Waals surface area contributed by atoms with E-state index in [2.05, 4.69) is 6.07 Å². The number of carbonyl (C=O) groups is 3. The smallest absolute Gasteiger partial charge is 0.257 e. The van der Waals surface area contributed by atoms with Crippen LogP contribution in [0.1, 0.15) is 55.4 Å². The lowest BCUT2D eigenvalue weighted by atomic mass is 9.49. The van der Waals surface area contributed by atoms with Crippen molar-refractivity contribution < 1.29 is 14.4 Å². The molecule has 1 aromatic heterocycles. The summed E-state index contributed by atoms with van der Waals surface area (Å²) in [4.78, 5) is 44.9. The molecule has 1 aromatic carbocycles. The molecule has 4 aliphatic carbocycles. The van der Waals surface area contributed by atoms with Crippen LogP contribution in [0, 0.1) is 34.5 Å². The standard InChI is InChI=1S/C27H27N3O3S/c28-15-17-3-5-21(6-4-17)30-24(31)11-23(25(30)32)29(16-22-2-1-7-34-22)26(33)27-12-18-8-19(13-27)10-20(9-18)14-27/h1-7,18-20,23H,8-14,16H2. The number of thiophene rings is 1. The first-order chi connectivity index (χ1) is 16.5. The van der Waals surface area contributed by atoms with Gasteiger partial charge in [-0.3, -0.25) is 14.4 Å². The SMILES string of the molecule is N#Cc1ccc(N2C(=O)CC(N(Cc3cccs3)C(=O)C34CC5CC(CC(C5)C3)C4)C2=O)cc1. The van der Waals surface area contributed by atoms with Crippen molar-refractivity contribution in [2.45, 2.75) is 57.5 Å². The van der Waals surface area contributed by atoms with Crippen LogP contribution in [0.15, 0.2) is 41.8 Å². The third-order valence-corrected chi connectivity index (χ3v) is 9.27. The fourth-order valence-electron chi connectivity index (χ4n) is 7.39. The summed E-state index contributed by atoms with van der Waals surface area (Å²) >= 11 is 1.57. The van der Waals surface area contributed by atoms with E-state index in [1.807, 2.05) is 17.5 Å². The molecule has 5 fully saturated rings. The molecule has 4 bridgehead atoms. The molecule has 1 aliphatic heterocycles. The van der Waals surface area contributed by atoms with Gasteiger partial charge in [-0.15, -0.1) is 11.3 Å². The van der Waals surface area contributed by atoms with E-state index in [-0.39, 0.29) is 29.6 Å². The number of benzene rings is 1. The lowest BCUT2D eigenvalue weighted by Crippen LogP contribution is -2.57. The topological polar surface area (TPSA) is 81.5 Å². The number of carbonyl (C=O) groups excluding carboxylic acids is 3. The molecule has 6 nitrogen and oxygen atoms in total. The van der Waals surface area contributed by atoms with E-state index in [4.69, 9.17) is 5.26 Å². The first kappa shape index (κ1) is 21.5. The van der Waals surface area contributed by atoms with E-state index in [1.165, 1.54) is 24.2 Å². The number of nitrogens with zero attached hydrogens (tertiary/aromatic N) is 3. The molecular weight excluding hydrogens is 446 g/mol. The zero-order valence-electron chi connectivity index (χ0n) is 19.0. The summed E-state index contributed by atoms with van der Waals surface area (Å²) in [5.41, 5.74) is 0.544. The van der Waals surface area contributed by atoms with Crippen molar-refractivity contribution >= 4 is 34.7 Å². The maximum atomic E-state index is 14.3. The van der Waals surface area contributed by atoms with Gasteiger partial charge in [-0.1, -0.05) is 6.07 Å². The van der Waals surface area contributed by atoms with Gasteiger partial charge >= 0.3 is 0 Å². The summed E-state index contributed by atoms with van der Waals surface area (Å²) in [6.07, 6.45) is 6.50. The predicted octanol–water partition coefficient (Wildman–Crippen LogP) is 4.50. The summed E-state index contributed by atoms with van der Waals surface area (Å²) in [5.74, 6) is 1.30. The Morgan fingerprint density at radius 1 is 1.06 bits per heavy atom. The van der Waals surface area contributed by atoms with Crippen molar-refractivity contribution in [1.82, 2.24) is 4.90 Å². The molecule has 174 valence electrons. The molecule has 4 saturated carbocycles. The molecule has 0 N–H and O–H groups in total. The highest BCUT2D eigenvalue weighted by molar-refractivity contribution is 7.09. The number of rotatable bonds is 5. The minimum atomic E-state index is -0.786. The van der Waals surface area contributed by atoms with Crippen LogP contribution in [0.4, 0.5) is 5.69 Å². The first-order valence-corrected chi connectivity index (χ1v) is 13.0. The molecule has 0 radical (unpaired) electrons. The van der Waals surface area contributed by atoms with Crippen LogP contribution in [-0.4, -0.2) is 28.7 Å². The van der Waals surface area contributed by atoms with Crippen molar-refractivity contribution in [2.75, 3.05) is 4.90 Å². The first-order valence-electron chi connectivity index (χ1n) is 12.2. The lowest BCUT2D eigenvalue weighted by Gasteiger charge is -2.56. The highest BCUT2D eigenvalue weighted by atomic mass is 32.1. The van der Waals surface area contributed by atoms with Crippen molar-refractivity contribution in [1.29, 1.82) is 5.26 Å². The van der Waals surface area contributed by atoms with Crippen molar-refractivity contribution in [2.24, 2.45) is 23.2 Å². The average molecular weight is 474 g/mol. The van der Waals surface area contributed by atoms with E-state index in [1.54, 1.807) is 40.5 Å². The Balaban J connectivity index is 1.32. The van der Waals surface area contributed by atoms with Gasteiger partial charge in [0.15, 0.2) is 0 Å². The Hall–Kier alpha value is -2.98. The maximum absolute atomic E-state index is 14.3. The third-order valence-electron chi connectivity index (χ3n) is 8.41. The third kappa shape index (κ3) is 3.47. The Kier molecular flexibility index (Phi) is 5.11. The molecule has 34 heavy (non-hydrogen) atoms. The lowest BCUT2D eigenvalue weighted by molar-refractivity contribution is -0.162. The zero-order valence-corrected chi connectivity index (χ0v) is 19.8. The largest absolute Gasteiger partial charge is 0.324 e. The number of hydrogen-bond donors (Lipinski definition) is 0. The maximum Gasteiger partial charge on any atom is 0.257 e. The Labute approximate surface area is 203 Å². The minimum absolute atomic E-state index is 0.00230. The fourth-order valence-corrected chi connectivity index (χ4v) is 8.09. The summed E-state index contributed by atoms with van der Waals surface area (Å²) < 4.78 is 0. The number of amides is 3. The Morgan fingerprint density at radius 3 is 2.26 bits per heavy atom. The van der Waals surface area contributed by atoms with E-state index in [9.17, 15) is 14.4 Å². The summed E-state index contributed by atoms with van der Waals surface area (Å²) in [5, 5.41) is 11.1. The molecule has 1 saturated heterocycles. The van der Waals surface area contributed by atoms with Crippen molar-refractivity contribution in [3.05, 3.63) is 52.2 Å². The number of hydrogen-bond acceptors (Lipinski definition) is 5. The van der Waals surface area contributed by atoms with Crippen LogP contribution in [0.3, 0.4) is 0 Å². The fraction of sp³-hybridized carbons (Fsp3) is 0.481. The van der Waals surface area contributed by atoms with Crippen LogP contribution < -0.4 is 4.90 Å². The van der Waals surface area contributed by atoms with Gasteiger partial charge in [0.2, 0.25) is 11.8 Å². The molecule has 7 heteroatoms. The summed E-state index contributed by atoms with van der Waals surface area (Å²) in [7, 11) is 0. The van der Waals surface area contributed by atoms with Gasteiger partial charge in [-0.25, -0.2) is 4.90 Å². The molecule has 1 unspecified atom stereocenters. The van der Waals surface area contributed by atoms with Gasteiger partial charge in [-0.05, 0) is 92.0 Å². The van der Waals surface area contributed by atoms with Crippen LogP contribution >= 0.6 is 11.3 Å². The molecule has 7 rings (SSSR count). The highest BCUT2D eigenvalue weighted by Gasteiger charge is 2.57. The second kappa shape index (κ2) is 8.06. The molecule has 5 aliphatic rings. The monoisotopic (exact) mass is 473 g/mol. The predicted molar refractivity (Wildman–Crippen MR) is 128 cm³/mol. The van der Waals surface area contributed by atoms with E-state index < -0.39 is 6.04 Å². The van der Waals surface area contributed by atoms with Gasteiger partial charge in [0.1, 0.15) is 6.04 Å². The minimum Gasteiger partial charge on any atom is -0.324 e. The molecule has 2 aromatic rings. The van der Waals surface area contributed by atoms with Gasteiger partial charge in [0.05, 0.1) is 35.7 Å². The molecule has 3 amide bonds. The van der Waals surface area contributed by atoms with E-state index in [0.29, 0.717) is 35.5 Å². The number of imide groups is 1. The summed E-state index contributed by atoms with van der Waals surface area (Å²) in [6, 6.07) is 11.7. The van der Waals surface area contributed by atoms with Gasteiger partial charge in [0, 0.05) is 4.88 Å². The zero-order chi connectivity index (χ0) is 23.4. The van der Waals surface area contributed by atoms with Crippen molar-refractivity contribution in [3.63, 3.8) is 0 Å². The normalized spacial score (nSPS) is 31.7. The van der Waals surface area contributed by atoms with Gasteiger partial charge < -0.3 is 4.90 Å². The van der Waals surface area contributed by atoms with E-state index >= 15 is 0 Å². The van der Waals surface area contributed by atoms with E-state index in [0.717, 1.165) is 24.1 Å². The molecular formula is C27H27N3O3S. The van der Waals surface area contributed by atoms with Crippen LogP contribution in [0.5, 0.6) is 0 Å². The van der Waals surface area contributed by atoms with Gasteiger partial charge in [0.25, 0.3) is 5.91 Å². The summed E-state index contributed by atoms with van der Waals surface area (Å²) in [6.45, 7) is 0.364. The molecule has 1 atom stereocenters. The number of anilines is 1. The van der Waals surface area contributed by atoms with Crippen LogP contribution in [0.2, 0.25) is 0 Å². The molecule has 2 heterocycles. The van der Waals surface area contributed by atoms with Crippen molar-refractivity contribution in [3.8, 4) is 6.07 Å². The van der Waals surface area contributed by atoms with Gasteiger partial charge in [-0.2, -0.15) is 5.26 Å². The Morgan fingerprint density at radius 2 is 1.71 bits per heavy atom.